The average molecular weight is 578 g/mol. The molecule has 1 saturated heterocycles. The van der Waals surface area contributed by atoms with Crippen molar-refractivity contribution in [3.05, 3.63) is 30.3 Å². The topological polar surface area (TPSA) is 152 Å². The number of aromatic nitrogens is 4. The van der Waals surface area contributed by atoms with Gasteiger partial charge in [0.25, 0.3) is 9.62 Å². The molecule has 0 spiro atoms. The van der Waals surface area contributed by atoms with Gasteiger partial charge in [-0.3, -0.25) is 24.5 Å². The molecule has 4 heterocycles. The fourth-order valence-electron chi connectivity index (χ4n) is 3.44. The number of amides is 1. The van der Waals surface area contributed by atoms with Gasteiger partial charge in [-0.25, -0.2) is 14.5 Å². The van der Waals surface area contributed by atoms with Crippen LogP contribution in [0, 0.1) is 10.8 Å². The smallest absolute Gasteiger partial charge is 0.312 e. The molecule has 1 atom stereocenters. The second kappa shape index (κ2) is 10.2. The number of hydrogen-bond acceptors (Lipinski definition) is 12. The van der Waals surface area contributed by atoms with E-state index in [4.69, 9.17) is 14.2 Å². The van der Waals surface area contributed by atoms with Gasteiger partial charge in [0.1, 0.15) is 11.8 Å². The zero-order valence-corrected chi connectivity index (χ0v) is 24.7. The van der Waals surface area contributed by atoms with Crippen LogP contribution in [0.3, 0.4) is 0 Å². The Bertz CT molecular complexity index is 1560. The highest BCUT2D eigenvalue weighted by Crippen LogP contribution is 2.40. The van der Waals surface area contributed by atoms with Crippen LogP contribution in [0.15, 0.2) is 15.8 Å². The lowest BCUT2D eigenvalue weighted by atomic mass is 9.96. The van der Waals surface area contributed by atoms with Gasteiger partial charge in [-0.1, -0.05) is 43.4 Å². The molecule has 0 aliphatic carbocycles. The van der Waals surface area contributed by atoms with Crippen LogP contribution in [0.1, 0.15) is 66.4 Å². The molecule has 1 aliphatic heterocycles. The fourth-order valence-corrected chi connectivity index (χ4v) is 5.61. The van der Waals surface area contributed by atoms with E-state index in [0.29, 0.717) is 9.75 Å². The van der Waals surface area contributed by atoms with Crippen LogP contribution < -0.4 is 14.9 Å². The number of hydrogen-bond donors (Lipinski definition) is 1. The molecule has 210 valence electrons. The first kappa shape index (κ1) is 28.9. The van der Waals surface area contributed by atoms with Crippen molar-refractivity contribution in [3.63, 3.8) is 0 Å². The molecule has 0 aromatic carbocycles. The molecule has 0 bridgehead atoms. The summed E-state index contributed by atoms with van der Waals surface area (Å²) >= 11 is 2.00. The molecule has 1 N–H and O–H groups in total. The Balaban J connectivity index is 1.81. The largest absolute Gasteiger partial charge is 0.443 e. The van der Waals surface area contributed by atoms with E-state index in [2.05, 4.69) is 20.3 Å². The van der Waals surface area contributed by atoms with E-state index in [0.717, 1.165) is 27.2 Å². The third-order valence-electron chi connectivity index (χ3n) is 5.65. The lowest BCUT2D eigenvalue weighted by molar-refractivity contribution is -0.157. The summed E-state index contributed by atoms with van der Waals surface area (Å²) in [6.45, 7) is 13.5. The Morgan fingerprint density at radius 3 is 2.41 bits per heavy atom. The molecule has 1 amide bonds. The number of esters is 1. The predicted molar refractivity (Wildman–Crippen MR) is 147 cm³/mol. The van der Waals surface area contributed by atoms with Gasteiger partial charge in [-0.2, -0.15) is 4.98 Å². The van der Waals surface area contributed by atoms with Crippen LogP contribution in [0.25, 0.3) is 21.7 Å². The number of ether oxygens (including phenoxy) is 3. The molecule has 39 heavy (non-hydrogen) atoms. The van der Waals surface area contributed by atoms with E-state index < -0.39 is 46.9 Å². The van der Waals surface area contributed by atoms with Crippen molar-refractivity contribution in [1.82, 2.24) is 19.5 Å². The van der Waals surface area contributed by atoms with Gasteiger partial charge >= 0.3 is 5.97 Å². The SMILES string of the molecule is CC1(C)OCC(c2sc(=O)sc2-c2cnc3nc(NC(=O)C(C)(C)C)n(COC(=O)C(C)(C)C)c(=O)c3n2)O1. The summed E-state index contributed by atoms with van der Waals surface area (Å²) in [4.78, 5) is 65.5. The molecular weight excluding hydrogens is 546 g/mol. The number of nitrogens with zero attached hydrogens (tertiary/aromatic N) is 4. The number of fused-ring (bicyclic) bond motifs is 1. The summed E-state index contributed by atoms with van der Waals surface area (Å²) in [6, 6.07) is 0. The third-order valence-corrected chi connectivity index (χ3v) is 7.93. The van der Waals surface area contributed by atoms with Crippen LogP contribution in [0.5, 0.6) is 0 Å². The van der Waals surface area contributed by atoms with Crippen LogP contribution in [0.4, 0.5) is 5.95 Å². The van der Waals surface area contributed by atoms with Gasteiger partial charge in [-0.15, -0.1) is 0 Å². The predicted octanol–water partition coefficient (Wildman–Crippen LogP) is 3.69. The minimum atomic E-state index is -0.816. The van der Waals surface area contributed by atoms with Crippen LogP contribution in [0.2, 0.25) is 0 Å². The summed E-state index contributed by atoms with van der Waals surface area (Å²) in [6.07, 6.45) is 0.939. The highest BCUT2D eigenvalue weighted by atomic mass is 32.2. The van der Waals surface area contributed by atoms with E-state index >= 15 is 0 Å². The molecule has 0 radical (unpaired) electrons. The molecular formula is C25H31N5O7S2. The van der Waals surface area contributed by atoms with E-state index in [1.807, 2.05) is 0 Å². The van der Waals surface area contributed by atoms with Crippen molar-refractivity contribution in [3.8, 4) is 10.6 Å². The Hall–Kier alpha value is -3.07. The minimum absolute atomic E-state index is 0.0166. The number of carbonyl (C=O) groups is 2. The first-order chi connectivity index (χ1) is 18.0. The summed E-state index contributed by atoms with van der Waals surface area (Å²) in [7, 11) is 0. The second-order valence-electron chi connectivity index (χ2n) is 11.6. The van der Waals surface area contributed by atoms with Gasteiger partial charge in [0.15, 0.2) is 23.7 Å². The Labute approximate surface area is 232 Å². The molecule has 14 heteroatoms. The molecule has 4 rings (SSSR count). The summed E-state index contributed by atoms with van der Waals surface area (Å²) < 4.78 is 17.8. The van der Waals surface area contributed by atoms with E-state index in [9.17, 15) is 19.2 Å². The van der Waals surface area contributed by atoms with Crippen molar-refractivity contribution in [2.24, 2.45) is 10.8 Å². The monoisotopic (exact) mass is 577 g/mol. The molecule has 1 aliphatic rings. The number of anilines is 1. The Morgan fingerprint density at radius 1 is 1.13 bits per heavy atom. The zero-order valence-electron chi connectivity index (χ0n) is 23.0. The quantitative estimate of drug-likeness (QED) is 0.445. The van der Waals surface area contributed by atoms with Crippen molar-refractivity contribution < 1.29 is 23.8 Å². The molecule has 3 aromatic rings. The number of nitrogens with one attached hydrogen (secondary N) is 1. The maximum absolute atomic E-state index is 13.6. The Morgan fingerprint density at radius 2 is 1.82 bits per heavy atom. The standard InChI is InChI=1S/C25H31N5O7S2/c1-23(2,3)19(32)29-21-28-17-14(18(31)30(21)11-35-20(33)24(4,5)6)27-12(9-26-17)15-16(39-22(34)38-15)13-10-36-25(7,8)37-13/h9,13H,10-11H2,1-8H3,(H,26,28,29,32). The van der Waals surface area contributed by atoms with Crippen molar-refractivity contribution in [1.29, 1.82) is 0 Å². The van der Waals surface area contributed by atoms with Crippen molar-refractivity contribution >= 4 is 51.7 Å². The van der Waals surface area contributed by atoms with Gasteiger partial charge in [0.2, 0.25) is 11.9 Å². The minimum Gasteiger partial charge on any atom is -0.443 e. The molecule has 0 saturated carbocycles. The highest BCUT2D eigenvalue weighted by molar-refractivity contribution is 7.29. The number of carbonyl (C=O) groups excluding carboxylic acids is 2. The molecule has 3 aromatic heterocycles. The first-order valence-corrected chi connectivity index (χ1v) is 13.8. The van der Waals surface area contributed by atoms with Crippen molar-refractivity contribution in [2.75, 3.05) is 11.9 Å². The van der Waals surface area contributed by atoms with Gasteiger partial charge in [0, 0.05) is 5.41 Å². The maximum atomic E-state index is 13.6. The average Bonchev–Trinajstić information content (AvgIpc) is 3.38. The lowest BCUT2D eigenvalue weighted by Gasteiger charge is -2.21. The normalized spacial score (nSPS) is 17.4. The maximum Gasteiger partial charge on any atom is 0.312 e. The summed E-state index contributed by atoms with van der Waals surface area (Å²) in [5, 5.41) is 2.64. The summed E-state index contributed by atoms with van der Waals surface area (Å²) in [5.41, 5.74) is -2.12. The van der Waals surface area contributed by atoms with Crippen molar-refractivity contribution in [2.45, 2.75) is 74.0 Å². The highest BCUT2D eigenvalue weighted by Gasteiger charge is 2.36. The molecule has 1 fully saturated rings. The first-order valence-electron chi connectivity index (χ1n) is 12.2. The van der Waals surface area contributed by atoms with E-state index in [1.165, 1.54) is 6.20 Å². The molecule has 1 unspecified atom stereocenters. The summed E-state index contributed by atoms with van der Waals surface area (Å²) in [5.74, 6) is -1.87. The zero-order chi connectivity index (χ0) is 28.9. The van der Waals surface area contributed by atoms with E-state index in [-0.39, 0.29) is 33.5 Å². The van der Waals surface area contributed by atoms with Crippen LogP contribution in [-0.4, -0.2) is 43.8 Å². The third kappa shape index (κ3) is 6.24. The van der Waals surface area contributed by atoms with E-state index in [1.54, 1.807) is 55.4 Å². The lowest BCUT2D eigenvalue weighted by Crippen LogP contribution is -2.34. The van der Waals surface area contributed by atoms with Crippen LogP contribution >= 0.6 is 22.7 Å². The number of rotatable bonds is 5. The van der Waals surface area contributed by atoms with Gasteiger partial charge < -0.3 is 14.2 Å². The van der Waals surface area contributed by atoms with Gasteiger partial charge in [0.05, 0.1) is 28.0 Å². The van der Waals surface area contributed by atoms with Gasteiger partial charge in [-0.05, 0) is 34.6 Å². The molecule has 12 nitrogen and oxygen atoms in total. The fraction of sp³-hybridized carbons (Fsp3) is 0.560. The second-order valence-corrected chi connectivity index (χ2v) is 13.8. The Kier molecular flexibility index (Phi) is 7.53. The van der Waals surface area contributed by atoms with Crippen LogP contribution in [-0.2, 0) is 30.5 Å².